The predicted molar refractivity (Wildman–Crippen MR) is 114 cm³/mol. The second-order valence-electron chi connectivity index (χ2n) is 7.44. The van der Waals surface area contributed by atoms with Crippen LogP contribution in [0.15, 0.2) is 45.9 Å². The molecule has 10 heteroatoms. The number of aryl methyl sites for hydroxylation is 2. The Kier molecular flexibility index (Phi) is 8.12. The summed E-state index contributed by atoms with van der Waals surface area (Å²) in [4.78, 5) is 36.1. The first-order chi connectivity index (χ1) is 14.5. The maximum Gasteiger partial charge on any atom is 0.241 e. The highest BCUT2D eigenvalue weighted by atomic mass is 32.2. The van der Waals surface area contributed by atoms with E-state index in [1.54, 1.807) is 26.0 Å². The van der Waals surface area contributed by atoms with E-state index >= 15 is 0 Å². The number of carbonyl (C=O) groups is 3. The van der Waals surface area contributed by atoms with Crippen LogP contribution >= 0.6 is 0 Å². The molecule has 1 aromatic heterocycles. The zero-order valence-corrected chi connectivity index (χ0v) is 18.5. The quantitative estimate of drug-likeness (QED) is 0.444. The molecule has 0 saturated heterocycles. The van der Waals surface area contributed by atoms with Crippen LogP contribution in [0.3, 0.4) is 0 Å². The van der Waals surface area contributed by atoms with Crippen molar-refractivity contribution < 1.29 is 27.2 Å². The minimum atomic E-state index is -4.03. The van der Waals surface area contributed by atoms with E-state index in [0.717, 1.165) is 11.1 Å². The summed E-state index contributed by atoms with van der Waals surface area (Å²) in [6.07, 6.45) is 1.03. The van der Waals surface area contributed by atoms with Gasteiger partial charge in [0.2, 0.25) is 21.8 Å². The van der Waals surface area contributed by atoms with Gasteiger partial charge in [0.1, 0.15) is 6.04 Å². The maximum absolute atomic E-state index is 12.8. The Labute approximate surface area is 181 Å². The van der Waals surface area contributed by atoms with Crippen molar-refractivity contribution in [2.45, 2.75) is 57.0 Å². The Balaban J connectivity index is 2.12. The molecule has 0 aliphatic rings. The number of ketones is 1. The minimum Gasteiger partial charge on any atom is -0.461 e. The first-order valence-electron chi connectivity index (χ1n) is 9.74. The number of hydrogen-bond acceptors (Lipinski definition) is 6. The van der Waals surface area contributed by atoms with E-state index < -0.39 is 33.9 Å². The van der Waals surface area contributed by atoms with Gasteiger partial charge in [0.15, 0.2) is 11.5 Å². The smallest absolute Gasteiger partial charge is 0.241 e. The van der Waals surface area contributed by atoms with Crippen molar-refractivity contribution >= 4 is 27.6 Å². The summed E-state index contributed by atoms with van der Waals surface area (Å²) >= 11 is 0. The number of carbonyl (C=O) groups excluding carboxylic acids is 3. The second kappa shape index (κ2) is 10.4. The summed E-state index contributed by atoms with van der Waals surface area (Å²) in [5.41, 5.74) is 6.88. The zero-order chi connectivity index (χ0) is 23.2. The van der Waals surface area contributed by atoms with Crippen LogP contribution in [-0.4, -0.2) is 38.1 Å². The largest absolute Gasteiger partial charge is 0.461 e. The molecule has 0 fully saturated rings. The molecule has 31 heavy (non-hydrogen) atoms. The van der Waals surface area contributed by atoms with Gasteiger partial charge in [-0.2, -0.15) is 4.72 Å². The molecule has 2 atom stereocenters. The van der Waals surface area contributed by atoms with Crippen LogP contribution in [0.1, 0.15) is 47.9 Å². The summed E-state index contributed by atoms with van der Waals surface area (Å²) in [7, 11) is -4.03. The van der Waals surface area contributed by atoms with Gasteiger partial charge in [0, 0.05) is 18.9 Å². The number of Topliss-reactive ketones (excluding diaryl/α,β-unsaturated/α-hetero) is 1. The third-order valence-corrected chi connectivity index (χ3v) is 6.23. The Bertz CT molecular complexity index is 1050. The second-order valence-corrected chi connectivity index (χ2v) is 9.15. The monoisotopic (exact) mass is 449 g/mol. The summed E-state index contributed by atoms with van der Waals surface area (Å²) < 4.78 is 33.0. The normalized spacial score (nSPS) is 13.4. The molecule has 0 spiro atoms. The van der Waals surface area contributed by atoms with Gasteiger partial charge in [-0.05, 0) is 62.6 Å². The molecule has 0 saturated carbocycles. The maximum atomic E-state index is 12.8. The van der Waals surface area contributed by atoms with Crippen LogP contribution in [0.25, 0.3) is 0 Å². The van der Waals surface area contributed by atoms with Crippen molar-refractivity contribution in [3.05, 3.63) is 53.5 Å². The molecule has 2 amide bonds. The molecular weight excluding hydrogens is 422 g/mol. The SMILES string of the molecule is Cc1ccc(S(=O)(=O)N[C@H](CCC(N)=O)C(=O)N[C@@H](C)CC(=O)c2ccco2)cc1C. The number of sulfonamides is 1. The average Bonchev–Trinajstić information content (AvgIpc) is 3.21. The van der Waals surface area contributed by atoms with Crippen LogP contribution in [0.5, 0.6) is 0 Å². The van der Waals surface area contributed by atoms with Crippen LogP contribution in [0.2, 0.25) is 0 Å². The molecule has 0 radical (unpaired) electrons. The molecule has 168 valence electrons. The van der Waals surface area contributed by atoms with Gasteiger partial charge in [0.05, 0.1) is 11.2 Å². The fraction of sp³-hybridized carbons (Fsp3) is 0.381. The Morgan fingerprint density at radius 3 is 2.42 bits per heavy atom. The van der Waals surface area contributed by atoms with E-state index in [2.05, 4.69) is 10.0 Å². The summed E-state index contributed by atoms with van der Waals surface area (Å²) in [6.45, 7) is 5.25. The lowest BCUT2D eigenvalue weighted by molar-refractivity contribution is -0.123. The van der Waals surface area contributed by atoms with E-state index in [-0.39, 0.29) is 35.7 Å². The van der Waals surface area contributed by atoms with Crippen molar-refractivity contribution in [3.8, 4) is 0 Å². The van der Waals surface area contributed by atoms with Gasteiger partial charge in [-0.1, -0.05) is 6.07 Å². The zero-order valence-electron chi connectivity index (χ0n) is 17.7. The summed E-state index contributed by atoms with van der Waals surface area (Å²) in [6, 6.07) is 5.89. The van der Waals surface area contributed by atoms with E-state index in [1.807, 2.05) is 6.92 Å². The molecular formula is C21H27N3O6S. The number of rotatable bonds is 11. The minimum absolute atomic E-state index is 0.00789. The molecule has 4 N–H and O–H groups in total. The lowest BCUT2D eigenvalue weighted by atomic mass is 10.1. The molecule has 2 rings (SSSR count). The number of nitrogens with one attached hydrogen (secondary N) is 2. The lowest BCUT2D eigenvalue weighted by Crippen LogP contribution is -2.49. The Morgan fingerprint density at radius 1 is 1.13 bits per heavy atom. The molecule has 9 nitrogen and oxygen atoms in total. The predicted octanol–water partition coefficient (Wildman–Crippen LogP) is 1.59. The van der Waals surface area contributed by atoms with Crippen LogP contribution in [0.4, 0.5) is 0 Å². The van der Waals surface area contributed by atoms with Gasteiger partial charge in [-0.15, -0.1) is 0 Å². The highest BCUT2D eigenvalue weighted by Gasteiger charge is 2.28. The summed E-state index contributed by atoms with van der Waals surface area (Å²) in [5.74, 6) is -1.46. The van der Waals surface area contributed by atoms with E-state index in [0.29, 0.717) is 0 Å². The van der Waals surface area contributed by atoms with Crippen molar-refractivity contribution in [2.24, 2.45) is 5.73 Å². The Hall–Kier alpha value is -2.98. The molecule has 0 aliphatic heterocycles. The molecule has 0 aliphatic carbocycles. The number of benzene rings is 1. The lowest BCUT2D eigenvalue weighted by Gasteiger charge is -2.21. The van der Waals surface area contributed by atoms with Gasteiger partial charge in [-0.3, -0.25) is 14.4 Å². The van der Waals surface area contributed by atoms with Crippen molar-refractivity contribution in [1.29, 1.82) is 0 Å². The average molecular weight is 450 g/mol. The van der Waals surface area contributed by atoms with Crippen molar-refractivity contribution in [3.63, 3.8) is 0 Å². The van der Waals surface area contributed by atoms with E-state index in [1.165, 1.54) is 24.5 Å². The fourth-order valence-electron chi connectivity index (χ4n) is 2.88. The number of hydrogen-bond donors (Lipinski definition) is 3. The van der Waals surface area contributed by atoms with Crippen molar-refractivity contribution in [1.82, 2.24) is 10.0 Å². The number of primary amides is 1. The highest BCUT2D eigenvalue weighted by molar-refractivity contribution is 7.89. The molecule has 1 aromatic carbocycles. The fourth-order valence-corrected chi connectivity index (χ4v) is 4.19. The van der Waals surface area contributed by atoms with E-state index in [9.17, 15) is 22.8 Å². The molecule has 0 bridgehead atoms. The highest BCUT2D eigenvalue weighted by Crippen LogP contribution is 2.16. The Morgan fingerprint density at radius 2 is 1.84 bits per heavy atom. The number of amides is 2. The third-order valence-electron chi connectivity index (χ3n) is 4.76. The van der Waals surface area contributed by atoms with Crippen LogP contribution < -0.4 is 15.8 Å². The molecule has 1 heterocycles. The molecule has 0 unspecified atom stereocenters. The van der Waals surface area contributed by atoms with Crippen LogP contribution in [0, 0.1) is 13.8 Å². The first kappa shape index (κ1) is 24.3. The van der Waals surface area contributed by atoms with Gasteiger partial charge < -0.3 is 15.5 Å². The third kappa shape index (κ3) is 7.04. The van der Waals surface area contributed by atoms with Gasteiger partial charge >= 0.3 is 0 Å². The van der Waals surface area contributed by atoms with Crippen LogP contribution in [-0.2, 0) is 19.6 Å². The van der Waals surface area contributed by atoms with E-state index in [4.69, 9.17) is 10.2 Å². The standard InChI is InChI=1S/C21H27N3O6S/c1-13-6-7-16(11-14(13)2)31(28,29)24-17(8-9-20(22)26)21(27)23-15(3)12-18(25)19-5-4-10-30-19/h4-7,10-11,15,17,24H,8-9,12H2,1-3H3,(H2,22,26)(H,23,27)/t15-,17+/m0/s1. The summed E-state index contributed by atoms with van der Waals surface area (Å²) in [5, 5.41) is 2.61. The molecule has 2 aromatic rings. The van der Waals surface area contributed by atoms with Gasteiger partial charge in [0.25, 0.3) is 0 Å². The van der Waals surface area contributed by atoms with Gasteiger partial charge in [-0.25, -0.2) is 8.42 Å². The van der Waals surface area contributed by atoms with Crippen molar-refractivity contribution in [2.75, 3.05) is 0 Å². The topological polar surface area (TPSA) is 149 Å². The first-order valence-corrected chi connectivity index (χ1v) is 11.2. The number of nitrogens with two attached hydrogens (primary N) is 1. The number of furan rings is 1.